The SMILES string of the molecule is COc1ccc(NC(=O)c2ccc3c(=O)n4nc(Nc5ccccc5C)sc4nc3c2)cc1. The molecule has 5 rings (SSSR count). The number of aromatic nitrogens is 3. The molecule has 0 aliphatic carbocycles. The molecule has 0 aliphatic rings. The Morgan fingerprint density at radius 2 is 1.85 bits per heavy atom. The van der Waals surface area contributed by atoms with Gasteiger partial charge in [-0.1, -0.05) is 29.5 Å². The van der Waals surface area contributed by atoms with Crippen LogP contribution in [0.4, 0.5) is 16.5 Å². The maximum Gasteiger partial charge on any atom is 0.283 e. The standard InChI is InChI=1S/C24H19N5O3S/c1-14-5-3-4-6-19(14)26-23-28-29-22(31)18-12-7-15(13-20(18)27-24(29)33-23)21(30)25-16-8-10-17(32-2)11-9-16/h3-13H,1-2H3,(H,25,30)(H,26,28). The predicted octanol–water partition coefficient (Wildman–Crippen LogP) is 4.62. The highest BCUT2D eigenvalue weighted by atomic mass is 32.1. The fourth-order valence-electron chi connectivity index (χ4n) is 3.41. The van der Waals surface area contributed by atoms with Gasteiger partial charge >= 0.3 is 0 Å². The number of fused-ring (bicyclic) bond motifs is 2. The van der Waals surface area contributed by atoms with E-state index in [1.165, 1.54) is 15.9 Å². The molecule has 33 heavy (non-hydrogen) atoms. The van der Waals surface area contributed by atoms with Crippen molar-refractivity contribution in [3.05, 3.63) is 88.2 Å². The zero-order valence-corrected chi connectivity index (χ0v) is 18.6. The molecule has 2 N–H and O–H groups in total. The molecule has 0 atom stereocenters. The lowest BCUT2D eigenvalue weighted by Crippen LogP contribution is -2.16. The van der Waals surface area contributed by atoms with Crippen molar-refractivity contribution in [1.29, 1.82) is 0 Å². The van der Waals surface area contributed by atoms with E-state index >= 15 is 0 Å². The van der Waals surface area contributed by atoms with Crippen molar-refractivity contribution in [1.82, 2.24) is 14.6 Å². The summed E-state index contributed by atoms with van der Waals surface area (Å²) in [6.07, 6.45) is 0. The summed E-state index contributed by atoms with van der Waals surface area (Å²) < 4.78 is 6.42. The number of nitrogens with one attached hydrogen (secondary N) is 2. The van der Waals surface area contributed by atoms with E-state index in [1.54, 1.807) is 49.6 Å². The van der Waals surface area contributed by atoms with Gasteiger partial charge in [-0.3, -0.25) is 9.59 Å². The number of methoxy groups -OCH3 is 1. The van der Waals surface area contributed by atoms with Crippen LogP contribution in [0.2, 0.25) is 0 Å². The fourth-order valence-corrected chi connectivity index (χ4v) is 4.22. The van der Waals surface area contributed by atoms with Gasteiger partial charge in [0.1, 0.15) is 5.75 Å². The molecule has 5 aromatic rings. The highest BCUT2D eigenvalue weighted by Crippen LogP contribution is 2.25. The molecule has 3 aromatic carbocycles. The van der Waals surface area contributed by atoms with Crippen LogP contribution in [0.5, 0.6) is 5.75 Å². The van der Waals surface area contributed by atoms with Gasteiger partial charge in [0.2, 0.25) is 10.1 Å². The topological polar surface area (TPSA) is 97.6 Å². The third-order valence-electron chi connectivity index (χ3n) is 5.19. The number of rotatable bonds is 5. The van der Waals surface area contributed by atoms with Crippen LogP contribution >= 0.6 is 11.3 Å². The Bertz CT molecular complexity index is 1560. The molecule has 1 amide bonds. The molecule has 8 nitrogen and oxygen atoms in total. The van der Waals surface area contributed by atoms with Gasteiger partial charge in [-0.25, -0.2) is 4.98 Å². The average molecular weight is 458 g/mol. The van der Waals surface area contributed by atoms with Crippen molar-refractivity contribution >= 4 is 49.6 Å². The van der Waals surface area contributed by atoms with Crippen molar-refractivity contribution in [3.8, 4) is 5.75 Å². The third kappa shape index (κ3) is 4.01. The predicted molar refractivity (Wildman–Crippen MR) is 130 cm³/mol. The number of hydrogen-bond donors (Lipinski definition) is 2. The van der Waals surface area contributed by atoms with Crippen LogP contribution in [-0.2, 0) is 0 Å². The van der Waals surface area contributed by atoms with Gasteiger partial charge in [0.05, 0.1) is 18.0 Å². The maximum atomic E-state index is 13.0. The number of nitrogens with zero attached hydrogens (tertiary/aromatic N) is 3. The first-order valence-electron chi connectivity index (χ1n) is 10.1. The minimum atomic E-state index is -0.296. The number of para-hydroxylation sites is 1. The van der Waals surface area contributed by atoms with Crippen LogP contribution in [0.15, 0.2) is 71.5 Å². The lowest BCUT2D eigenvalue weighted by atomic mass is 10.1. The van der Waals surface area contributed by atoms with Crippen LogP contribution < -0.4 is 20.9 Å². The summed E-state index contributed by atoms with van der Waals surface area (Å²) >= 11 is 1.27. The van der Waals surface area contributed by atoms with Crippen LogP contribution in [0.3, 0.4) is 0 Å². The van der Waals surface area contributed by atoms with Gasteiger partial charge in [-0.2, -0.15) is 4.52 Å². The summed E-state index contributed by atoms with van der Waals surface area (Å²) in [6, 6.07) is 19.7. The number of anilines is 3. The quantitative estimate of drug-likeness (QED) is 0.400. The number of ether oxygens (including phenoxy) is 1. The first-order valence-corrected chi connectivity index (χ1v) is 11.0. The summed E-state index contributed by atoms with van der Waals surface area (Å²) in [6.45, 7) is 1.99. The number of benzene rings is 3. The minimum Gasteiger partial charge on any atom is -0.497 e. The van der Waals surface area contributed by atoms with E-state index in [1.807, 2.05) is 31.2 Å². The summed E-state index contributed by atoms with van der Waals surface area (Å²) in [4.78, 5) is 30.7. The second kappa shape index (κ2) is 8.36. The molecular formula is C24H19N5O3S. The number of aryl methyl sites for hydroxylation is 1. The Labute approximate surface area is 192 Å². The normalized spacial score (nSPS) is 11.0. The molecule has 2 heterocycles. The molecule has 0 radical (unpaired) electrons. The molecule has 164 valence electrons. The van der Waals surface area contributed by atoms with Crippen LogP contribution in [0.1, 0.15) is 15.9 Å². The van der Waals surface area contributed by atoms with Gasteiger partial charge in [-0.15, -0.1) is 5.10 Å². The highest BCUT2D eigenvalue weighted by Gasteiger charge is 2.14. The Morgan fingerprint density at radius 3 is 2.61 bits per heavy atom. The number of carbonyl (C=O) groups excluding carboxylic acids is 1. The second-order valence-electron chi connectivity index (χ2n) is 7.37. The maximum absolute atomic E-state index is 13.0. The Kier molecular flexibility index (Phi) is 5.23. The van der Waals surface area contributed by atoms with Crippen molar-refractivity contribution in [3.63, 3.8) is 0 Å². The molecule has 9 heteroatoms. The van der Waals surface area contributed by atoms with Gasteiger partial charge in [0.15, 0.2) is 0 Å². The second-order valence-corrected chi connectivity index (χ2v) is 8.33. The van der Waals surface area contributed by atoms with E-state index in [0.717, 1.165) is 11.3 Å². The third-order valence-corrected chi connectivity index (χ3v) is 6.02. The first kappa shape index (κ1) is 20.7. The van der Waals surface area contributed by atoms with Gasteiger partial charge in [-0.05, 0) is 61.0 Å². The van der Waals surface area contributed by atoms with Crippen LogP contribution in [-0.4, -0.2) is 27.6 Å². The van der Waals surface area contributed by atoms with E-state index in [-0.39, 0.29) is 11.5 Å². The van der Waals surface area contributed by atoms with Gasteiger partial charge in [0.25, 0.3) is 11.5 Å². The lowest BCUT2D eigenvalue weighted by molar-refractivity contribution is 0.102. The van der Waals surface area contributed by atoms with E-state index in [2.05, 4.69) is 20.7 Å². The van der Waals surface area contributed by atoms with E-state index in [0.29, 0.717) is 38.0 Å². The highest BCUT2D eigenvalue weighted by molar-refractivity contribution is 7.20. The van der Waals surface area contributed by atoms with Crippen molar-refractivity contribution in [2.45, 2.75) is 6.92 Å². The zero-order valence-electron chi connectivity index (χ0n) is 17.8. The Hall–Kier alpha value is -4.24. The first-order chi connectivity index (χ1) is 16.0. The smallest absolute Gasteiger partial charge is 0.283 e. The Morgan fingerprint density at radius 1 is 1.06 bits per heavy atom. The Balaban J connectivity index is 1.47. The molecule has 0 unspecified atom stereocenters. The van der Waals surface area contributed by atoms with Crippen molar-refractivity contribution < 1.29 is 9.53 Å². The van der Waals surface area contributed by atoms with Crippen LogP contribution in [0, 0.1) is 6.92 Å². The molecule has 0 saturated carbocycles. The summed E-state index contributed by atoms with van der Waals surface area (Å²) in [5.41, 5.74) is 3.16. The minimum absolute atomic E-state index is 0.286. The lowest BCUT2D eigenvalue weighted by Gasteiger charge is -2.07. The molecule has 0 spiro atoms. The molecular weight excluding hydrogens is 438 g/mol. The van der Waals surface area contributed by atoms with Crippen molar-refractivity contribution in [2.24, 2.45) is 0 Å². The zero-order chi connectivity index (χ0) is 22.9. The number of amides is 1. The van der Waals surface area contributed by atoms with E-state index < -0.39 is 0 Å². The molecule has 0 aliphatic heterocycles. The van der Waals surface area contributed by atoms with E-state index in [4.69, 9.17) is 4.74 Å². The van der Waals surface area contributed by atoms with Gasteiger partial charge in [0, 0.05) is 16.9 Å². The van der Waals surface area contributed by atoms with Crippen molar-refractivity contribution in [2.75, 3.05) is 17.7 Å². The fraction of sp³-hybridized carbons (Fsp3) is 0.0833. The number of hydrogen-bond acceptors (Lipinski definition) is 7. The molecule has 0 saturated heterocycles. The monoisotopic (exact) mass is 457 g/mol. The molecule has 2 aromatic heterocycles. The van der Waals surface area contributed by atoms with Gasteiger partial charge < -0.3 is 15.4 Å². The average Bonchev–Trinajstić information content (AvgIpc) is 3.23. The molecule has 0 fully saturated rings. The largest absolute Gasteiger partial charge is 0.497 e. The van der Waals surface area contributed by atoms with Crippen LogP contribution in [0.25, 0.3) is 15.9 Å². The molecule has 0 bridgehead atoms. The summed E-state index contributed by atoms with van der Waals surface area (Å²) in [7, 11) is 1.58. The summed E-state index contributed by atoms with van der Waals surface area (Å²) in [5, 5.41) is 11.4. The van der Waals surface area contributed by atoms with E-state index in [9.17, 15) is 9.59 Å². The summed E-state index contributed by atoms with van der Waals surface area (Å²) in [5.74, 6) is 0.406. The number of carbonyl (C=O) groups is 1.